The lowest BCUT2D eigenvalue weighted by Crippen LogP contribution is -2.47. The minimum absolute atomic E-state index is 0.0373. The second kappa shape index (κ2) is 18.3. The molecule has 4 heterocycles. The average molecular weight is 897 g/mol. The molecule has 63 heavy (non-hydrogen) atoms. The van der Waals surface area contributed by atoms with E-state index in [1.54, 1.807) is 30.5 Å². The smallest absolute Gasteiger partial charge is 0.293 e. The number of benzene rings is 3. The predicted octanol–water partition coefficient (Wildman–Crippen LogP) is 9.44. The van der Waals surface area contributed by atoms with Crippen molar-refractivity contribution in [3.63, 3.8) is 0 Å². The van der Waals surface area contributed by atoms with Gasteiger partial charge in [-0.2, -0.15) is 0 Å². The van der Waals surface area contributed by atoms with E-state index < -0.39 is 31.4 Å². The molecule has 2 saturated heterocycles. The summed E-state index contributed by atoms with van der Waals surface area (Å²) in [6, 6.07) is 20.5. The van der Waals surface area contributed by atoms with E-state index in [2.05, 4.69) is 55.8 Å². The molecule has 0 bridgehead atoms. The molecule has 0 saturated carbocycles. The number of rotatable bonds is 13. The fourth-order valence-electron chi connectivity index (χ4n) is 9.16. The van der Waals surface area contributed by atoms with Crippen LogP contribution in [0, 0.1) is 21.4 Å². The first-order chi connectivity index (χ1) is 30.1. The molecule has 3 aromatic carbocycles. The van der Waals surface area contributed by atoms with E-state index in [0.717, 1.165) is 87.0 Å². The maximum atomic E-state index is 14.0. The maximum Gasteiger partial charge on any atom is 0.293 e. The van der Waals surface area contributed by atoms with Crippen LogP contribution in [0.1, 0.15) is 75.7 Å². The van der Waals surface area contributed by atoms with Gasteiger partial charge in [-0.1, -0.05) is 43.2 Å². The molecular formula is C47H54ClN7O7S. The number of piperazine rings is 1. The van der Waals surface area contributed by atoms with E-state index in [4.69, 9.17) is 21.1 Å². The normalized spacial score (nSPS) is 20.7. The van der Waals surface area contributed by atoms with Crippen LogP contribution in [0.25, 0.3) is 16.6 Å². The van der Waals surface area contributed by atoms with Crippen molar-refractivity contribution in [1.29, 1.82) is 0 Å². The lowest BCUT2D eigenvalue weighted by molar-refractivity contribution is -0.384. The van der Waals surface area contributed by atoms with Crippen LogP contribution in [0.3, 0.4) is 0 Å². The van der Waals surface area contributed by atoms with E-state index in [-0.39, 0.29) is 40.5 Å². The molecule has 5 aromatic rings. The van der Waals surface area contributed by atoms with Crippen molar-refractivity contribution in [2.24, 2.45) is 11.3 Å². The molecule has 1 amide bonds. The van der Waals surface area contributed by atoms with Gasteiger partial charge in [0.05, 0.1) is 33.8 Å². The van der Waals surface area contributed by atoms with Crippen molar-refractivity contribution >= 4 is 61.2 Å². The molecule has 332 valence electrons. The van der Waals surface area contributed by atoms with Gasteiger partial charge in [-0.15, -0.1) is 0 Å². The Labute approximate surface area is 373 Å². The Balaban J connectivity index is 0.998. The lowest BCUT2D eigenvalue weighted by atomic mass is 9.72. The van der Waals surface area contributed by atoms with Crippen molar-refractivity contribution in [3.8, 4) is 11.5 Å². The number of nitrogens with one attached hydrogen (secondary N) is 3. The van der Waals surface area contributed by atoms with Crippen LogP contribution in [0.2, 0.25) is 5.02 Å². The van der Waals surface area contributed by atoms with Gasteiger partial charge in [-0.05, 0) is 117 Å². The molecule has 3 atom stereocenters. The highest BCUT2D eigenvalue weighted by Gasteiger charge is 2.31. The van der Waals surface area contributed by atoms with Gasteiger partial charge in [0, 0.05) is 73.7 Å². The molecule has 0 unspecified atom stereocenters. The third kappa shape index (κ3) is 10.5. The largest absolute Gasteiger partial charge is 0.455 e. The molecule has 2 fully saturated rings. The molecule has 3 aliphatic rings. The Morgan fingerprint density at radius 2 is 1.76 bits per heavy atom. The molecule has 1 aliphatic carbocycles. The third-order valence-corrected chi connectivity index (χ3v) is 14.0. The van der Waals surface area contributed by atoms with Crippen LogP contribution in [0.5, 0.6) is 11.5 Å². The molecule has 2 aliphatic heterocycles. The van der Waals surface area contributed by atoms with Crippen LogP contribution in [-0.4, -0.2) is 85.6 Å². The van der Waals surface area contributed by atoms with Crippen molar-refractivity contribution in [1.82, 2.24) is 19.6 Å². The zero-order valence-electron chi connectivity index (χ0n) is 36.0. The standard InChI is InChI=1S/C47H54ClN7O7S/c1-30-21-32(22-31(2)61-30)27-50-42-12-10-39(25-43(42)55(57)58)63(59,60)52-46(56)40-11-9-37(24-44(40)62-38-23-34-14-16-49-45(34)51-28-38)54-19-17-53(18-20-54)29-35-13-15-47(3,4)26-41(35)33-5-7-36(48)8-6-33/h5-12,14,16,23-25,28,30-32,50H,13,15,17-22,26-27,29H2,1-4H3,(H,49,51)(H,52,56)/t30-,31+,32+. The maximum absolute atomic E-state index is 14.0. The highest BCUT2D eigenvalue weighted by Crippen LogP contribution is 2.43. The summed E-state index contributed by atoms with van der Waals surface area (Å²) in [5.74, 6) is -0.245. The highest BCUT2D eigenvalue weighted by atomic mass is 35.5. The Morgan fingerprint density at radius 1 is 1.02 bits per heavy atom. The number of fused-ring (bicyclic) bond motifs is 1. The molecule has 0 radical (unpaired) electrons. The number of nitrogens with zero attached hydrogens (tertiary/aromatic N) is 4. The van der Waals surface area contributed by atoms with E-state index >= 15 is 0 Å². The summed E-state index contributed by atoms with van der Waals surface area (Å²) in [7, 11) is -4.57. The summed E-state index contributed by atoms with van der Waals surface area (Å²) in [5.41, 5.74) is 5.54. The summed E-state index contributed by atoms with van der Waals surface area (Å²) in [6.45, 7) is 13.1. The first-order valence-electron chi connectivity index (χ1n) is 21.5. The number of carbonyl (C=O) groups excluding carboxylic acids is 1. The minimum Gasteiger partial charge on any atom is -0.455 e. The SMILES string of the molecule is C[C@@H]1C[C@H](CNc2ccc(S(=O)(=O)NC(=O)c3ccc(N4CCN(CC5=C(c6ccc(Cl)cc6)CC(C)(C)CC5)CC4)cc3Oc3cnc4[nH]ccc4c3)cc2[N+](=O)[O-])C[C@H](C)O1. The number of amides is 1. The molecule has 2 aromatic heterocycles. The topological polar surface area (TPSA) is 172 Å². The molecule has 16 heteroatoms. The van der Waals surface area contributed by atoms with Gasteiger partial charge in [-0.25, -0.2) is 18.1 Å². The first-order valence-corrected chi connectivity index (χ1v) is 23.4. The summed E-state index contributed by atoms with van der Waals surface area (Å²) >= 11 is 6.24. The molecule has 14 nitrogen and oxygen atoms in total. The Bertz CT molecular complexity index is 2630. The summed E-state index contributed by atoms with van der Waals surface area (Å²) < 4.78 is 41.7. The molecular weight excluding hydrogens is 842 g/mol. The number of H-pyrrole nitrogens is 1. The van der Waals surface area contributed by atoms with Crippen LogP contribution >= 0.6 is 11.6 Å². The van der Waals surface area contributed by atoms with Crippen molar-refractivity contribution in [3.05, 3.63) is 117 Å². The second-order valence-electron chi connectivity index (χ2n) is 17.9. The van der Waals surface area contributed by atoms with E-state index in [1.807, 2.05) is 32.0 Å². The number of hydrogen-bond donors (Lipinski definition) is 3. The summed E-state index contributed by atoms with van der Waals surface area (Å²) in [5, 5.41) is 16.8. The number of allylic oxidation sites excluding steroid dienone is 1. The molecule has 0 spiro atoms. The number of anilines is 2. The van der Waals surface area contributed by atoms with E-state index in [0.29, 0.717) is 17.9 Å². The Hall–Kier alpha value is -5.48. The summed E-state index contributed by atoms with van der Waals surface area (Å²) in [6.07, 6.45) is 8.23. The number of carbonyl (C=O) groups is 1. The van der Waals surface area contributed by atoms with Gasteiger partial charge >= 0.3 is 0 Å². The number of ether oxygens (including phenoxy) is 2. The highest BCUT2D eigenvalue weighted by molar-refractivity contribution is 7.90. The quantitative estimate of drug-likeness (QED) is 0.0760. The Kier molecular flexibility index (Phi) is 12.8. The van der Waals surface area contributed by atoms with Crippen molar-refractivity contribution in [2.75, 3.05) is 49.5 Å². The zero-order chi connectivity index (χ0) is 44.5. The van der Waals surface area contributed by atoms with Crippen LogP contribution in [-0.2, 0) is 14.8 Å². The van der Waals surface area contributed by atoms with Gasteiger partial charge in [0.2, 0.25) is 0 Å². The number of nitro benzene ring substituents is 1. The number of aromatic amines is 1. The fraction of sp³-hybridized carbons (Fsp3) is 0.404. The first kappa shape index (κ1) is 44.1. The monoisotopic (exact) mass is 895 g/mol. The lowest BCUT2D eigenvalue weighted by Gasteiger charge is -2.39. The van der Waals surface area contributed by atoms with Crippen LogP contribution in [0.4, 0.5) is 17.1 Å². The number of aromatic nitrogens is 2. The van der Waals surface area contributed by atoms with Gasteiger partial charge in [0.25, 0.3) is 21.6 Å². The average Bonchev–Trinajstić information content (AvgIpc) is 3.72. The fourth-order valence-corrected chi connectivity index (χ4v) is 10.3. The van der Waals surface area contributed by atoms with Crippen LogP contribution in [0.15, 0.2) is 95.7 Å². The number of halogens is 1. The number of hydrogen-bond acceptors (Lipinski definition) is 11. The number of sulfonamides is 1. The molecule has 3 N–H and O–H groups in total. The zero-order valence-corrected chi connectivity index (χ0v) is 37.6. The summed E-state index contributed by atoms with van der Waals surface area (Å²) in [4.78, 5) is 37.3. The van der Waals surface area contributed by atoms with Gasteiger partial charge in [0.1, 0.15) is 22.8 Å². The second-order valence-corrected chi connectivity index (χ2v) is 20.0. The number of nitro groups is 1. The van der Waals surface area contributed by atoms with Gasteiger partial charge in [0.15, 0.2) is 0 Å². The van der Waals surface area contributed by atoms with Gasteiger partial charge in [-0.3, -0.25) is 19.8 Å². The Morgan fingerprint density at radius 3 is 2.49 bits per heavy atom. The van der Waals surface area contributed by atoms with Crippen LogP contribution < -0.4 is 19.7 Å². The van der Waals surface area contributed by atoms with E-state index in [9.17, 15) is 23.3 Å². The number of pyridine rings is 1. The van der Waals surface area contributed by atoms with Crippen molar-refractivity contribution in [2.45, 2.75) is 76.9 Å². The van der Waals surface area contributed by atoms with Crippen molar-refractivity contribution < 1.29 is 27.6 Å². The van der Waals surface area contributed by atoms with E-state index in [1.165, 1.54) is 35.0 Å². The van der Waals surface area contributed by atoms with Gasteiger partial charge < -0.3 is 24.7 Å². The minimum atomic E-state index is -4.57. The molecule has 8 rings (SSSR count). The third-order valence-electron chi connectivity index (χ3n) is 12.4. The predicted molar refractivity (Wildman–Crippen MR) is 246 cm³/mol.